The van der Waals surface area contributed by atoms with Gasteiger partial charge in [0.05, 0.1) is 6.61 Å². The van der Waals surface area contributed by atoms with Crippen LogP contribution in [0.3, 0.4) is 0 Å². The molecule has 5 heteroatoms. The third-order valence-electron chi connectivity index (χ3n) is 1.48. The average molecular weight is 152 g/mol. The number of aliphatic hydroxyl groups is 3. The summed E-state index contributed by atoms with van der Waals surface area (Å²) >= 11 is 0. The fourth-order valence-electron chi connectivity index (χ4n) is 0.854. The Bertz CT molecular complexity index is 120. The SMILES string of the molecule is OC[C@H]1OC(F)[C@@H](O)[C@@H]1O. The molecule has 0 amide bonds. The zero-order valence-electron chi connectivity index (χ0n) is 5.14. The van der Waals surface area contributed by atoms with Gasteiger partial charge in [0.1, 0.15) is 18.3 Å². The van der Waals surface area contributed by atoms with Crippen molar-refractivity contribution < 1.29 is 24.4 Å². The lowest BCUT2D eigenvalue weighted by Crippen LogP contribution is -2.32. The van der Waals surface area contributed by atoms with Crippen molar-refractivity contribution in [3.05, 3.63) is 0 Å². The molecule has 0 aromatic rings. The normalized spacial score (nSPS) is 48.0. The number of hydrogen-bond donors (Lipinski definition) is 3. The molecule has 4 atom stereocenters. The Morgan fingerprint density at radius 2 is 1.90 bits per heavy atom. The van der Waals surface area contributed by atoms with Gasteiger partial charge in [-0.15, -0.1) is 0 Å². The van der Waals surface area contributed by atoms with Gasteiger partial charge in [-0.1, -0.05) is 0 Å². The minimum atomic E-state index is -1.88. The maximum atomic E-state index is 12.3. The van der Waals surface area contributed by atoms with E-state index >= 15 is 0 Å². The summed E-state index contributed by atoms with van der Waals surface area (Å²) in [6.07, 6.45) is -5.73. The maximum Gasteiger partial charge on any atom is 0.228 e. The van der Waals surface area contributed by atoms with Crippen LogP contribution in [-0.2, 0) is 4.74 Å². The summed E-state index contributed by atoms with van der Waals surface area (Å²) in [7, 11) is 0. The molecule has 1 aliphatic rings. The molecule has 0 saturated carbocycles. The molecule has 0 aromatic carbocycles. The summed E-state index contributed by atoms with van der Waals surface area (Å²) in [6, 6.07) is 0. The van der Waals surface area contributed by atoms with Gasteiger partial charge in [0, 0.05) is 0 Å². The van der Waals surface area contributed by atoms with Gasteiger partial charge in [0.2, 0.25) is 6.36 Å². The molecular weight excluding hydrogens is 143 g/mol. The minimum Gasteiger partial charge on any atom is -0.394 e. The van der Waals surface area contributed by atoms with E-state index in [-0.39, 0.29) is 0 Å². The molecule has 60 valence electrons. The predicted molar refractivity (Wildman–Crippen MR) is 28.9 cm³/mol. The summed E-state index contributed by atoms with van der Waals surface area (Å²) in [5.74, 6) is 0. The van der Waals surface area contributed by atoms with Gasteiger partial charge in [-0.2, -0.15) is 0 Å². The van der Waals surface area contributed by atoms with Crippen molar-refractivity contribution >= 4 is 0 Å². The van der Waals surface area contributed by atoms with E-state index in [0.717, 1.165) is 0 Å². The third kappa shape index (κ3) is 1.13. The number of hydrogen-bond acceptors (Lipinski definition) is 4. The van der Waals surface area contributed by atoms with Crippen LogP contribution >= 0.6 is 0 Å². The highest BCUT2D eigenvalue weighted by Gasteiger charge is 2.42. The quantitative estimate of drug-likeness (QED) is 0.423. The first-order valence-corrected chi connectivity index (χ1v) is 2.93. The Morgan fingerprint density at radius 3 is 2.10 bits per heavy atom. The Balaban J connectivity index is 2.53. The van der Waals surface area contributed by atoms with Crippen molar-refractivity contribution in [3.8, 4) is 0 Å². The standard InChI is InChI=1S/C5H9FO4/c6-5-4(9)3(8)2(1-7)10-5/h2-5,7-9H,1H2/t2-,3-,4+,5?/m1/s1. The highest BCUT2D eigenvalue weighted by atomic mass is 19.1. The fraction of sp³-hybridized carbons (Fsp3) is 1.00. The highest BCUT2D eigenvalue weighted by molar-refractivity contribution is 4.85. The fourth-order valence-corrected chi connectivity index (χ4v) is 0.854. The molecule has 4 nitrogen and oxygen atoms in total. The highest BCUT2D eigenvalue weighted by Crippen LogP contribution is 2.21. The summed E-state index contributed by atoms with van der Waals surface area (Å²) in [6.45, 7) is -0.487. The summed E-state index contributed by atoms with van der Waals surface area (Å²) in [5.41, 5.74) is 0. The van der Waals surface area contributed by atoms with E-state index in [1.54, 1.807) is 0 Å². The first kappa shape index (κ1) is 7.87. The molecule has 10 heavy (non-hydrogen) atoms. The first-order chi connectivity index (χ1) is 4.66. The zero-order chi connectivity index (χ0) is 7.72. The largest absolute Gasteiger partial charge is 0.394 e. The molecule has 1 saturated heterocycles. The van der Waals surface area contributed by atoms with E-state index in [9.17, 15) is 4.39 Å². The van der Waals surface area contributed by atoms with E-state index < -0.39 is 31.3 Å². The predicted octanol–water partition coefficient (Wildman–Crippen LogP) is -1.61. The Kier molecular flexibility index (Phi) is 2.20. The van der Waals surface area contributed by atoms with Crippen LogP contribution in [0.2, 0.25) is 0 Å². The molecule has 3 N–H and O–H groups in total. The Labute approximate surface area is 56.9 Å². The van der Waals surface area contributed by atoms with Gasteiger partial charge >= 0.3 is 0 Å². The number of rotatable bonds is 1. The summed E-state index contributed by atoms with van der Waals surface area (Å²) in [4.78, 5) is 0. The molecule has 0 aliphatic carbocycles. The van der Waals surface area contributed by atoms with E-state index in [1.165, 1.54) is 0 Å². The third-order valence-corrected chi connectivity index (χ3v) is 1.48. The second-order valence-electron chi connectivity index (χ2n) is 2.19. The van der Waals surface area contributed by atoms with E-state index in [0.29, 0.717) is 0 Å². The van der Waals surface area contributed by atoms with E-state index in [1.807, 2.05) is 0 Å². The number of halogens is 1. The average Bonchev–Trinajstić information content (AvgIpc) is 2.17. The number of alkyl halides is 1. The molecule has 1 fully saturated rings. The van der Waals surface area contributed by atoms with Crippen LogP contribution in [-0.4, -0.2) is 46.6 Å². The molecule has 0 aromatic heterocycles. The van der Waals surface area contributed by atoms with Crippen molar-refractivity contribution in [2.75, 3.05) is 6.61 Å². The van der Waals surface area contributed by atoms with Gasteiger partial charge in [0.25, 0.3) is 0 Å². The summed E-state index contributed by atoms with van der Waals surface area (Å²) < 4.78 is 16.6. The molecule has 0 spiro atoms. The van der Waals surface area contributed by atoms with Gasteiger partial charge in [-0.05, 0) is 0 Å². The lowest BCUT2D eigenvalue weighted by molar-refractivity contribution is -0.0822. The lowest BCUT2D eigenvalue weighted by Gasteiger charge is -2.09. The van der Waals surface area contributed by atoms with Crippen molar-refractivity contribution in [3.63, 3.8) is 0 Å². The molecule has 1 heterocycles. The molecular formula is C5H9FO4. The second-order valence-corrected chi connectivity index (χ2v) is 2.19. The van der Waals surface area contributed by atoms with Crippen LogP contribution in [0.15, 0.2) is 0 Å². The first-order valence-electron chi connectivity index (χ1n) is 2.93. The second kappa shape index (κ2) is 2.79. The molecule has 1 unspecified atom stereocenters. The van der Waals surface area contributed by atoms with Gasteiger partial charge in [0.15, 0.2) is 0 Å². The summed E-state index contributed by atoms with van der Waals surface area (Å²) in [5, 5.41) is 26.0. The molecule has 0 bridgehead atoms. The van der Waals surface area contributed by atoms with Crippen LogP contribution in [0.25, 0.3) is 0 Å². The van der Waals surface area contributed by atoms with Crippen molar-refractivity contribution in [2.45, 2.75) is 24.7 Å². The van der Waals surface area contributed by atoms with Crippen molar-refractivity contribution in [1.82, 2.24) is 0 Å². The van der Waals surface area contributed by atoms with Crippen LogP contribution in [0.1, 0.15) is 0 Å². The van der Waals surface area contributed by atoms with Crippen LogP contribution in [0.4, 0.5) is 4.39 Å². The number of ether oxygens (including phenoxy) is 1. The number of aliphatic hydroxyl groups excluding tert-OH is 3. The Morgan fingerprint density at radius 1 is 1.30 bits per heavy atom. The maximum absolute atomic E-state index is 12.3. The van der Waals surface area contributed by atoms with E-state index in [2.05, 4.69) is 4.74 Å². The van der Waals surface area contributed by atoms with Gasteiger partial charge in [-0.3, -0.25) is 0 Å². The molecule has 1 aliphatic heterocycles. The minimum absolute atomic E-state index is 0.487. The van der Waals surface area contributed by atoms with Gasteiger partial charge in [-0.25, -0.2) is 4.39 Å². The molecule has 0 radical (unpaired) electrons. The Hall–Kier alpha value is -0.230. The van der Waals surface area contributed by atoms with Crippen LogP contribution in [0, 0.1) is 0 Å². The van der Waals surface area contributed by atoms with Crippen LogP contribution in [0.5, 0.6) is 0 Å². The molecule has 1 rings (SSSR count). The van der Waals surface area contributed by atoms with E-state index in [4.69, 9.17) is 15.3 Å². The van der Waals surface area contributed by atoms with Crippen molar-refractivity contribution in [2.24, 2.45) is 0 Å². The smallest absolute Gasteiger partial charge is 0.228 e. The lowest BCUT2D eigenvalue weighted by atomic mass is 10.1. The monoisotopic (exact) mass is 152 g/mol. The topological polar surface area (TPSA) is 69.9 Å². The van der Waals surface area contributed by atoms with Crippen molar-refractivity contribution in [1.29, 1.82) is 0 Å². The van der Waals surface area contributed by atoms with Gasteiger partial charge < -0.3 is 20.1 Å². The zero-order valence-corrected chi connectivity index (χ0v) is 5.14. The van der Waals surface area contributed by atoms with Crippen LogP contribution < -0.4 is 0 Å².